The lowest BCUT2D eigenvalue weighted by Crippen LogP contribution is -2.53. The highest BCUT2D eigenvalue weighted by atomic mass is 16.5. The molecule has 1 saturated carbocycles. The summed E-state index contributed by atoms with van der Waals surface area (Å²) in [6.45, 7) is 1.87. The van der Waals surface area contributed by atoms with E-state index in [1.807, 2.05) is 0 Å². The van der Waals surface area contributed by atoms with Crippen molar-refractivity contribution in [3.05, 3.63) is 0 Å². The van der Waals surface area contributed by atoms with E-state index in [1.54, 1.807) is 16.9 Å². The van der Waals surface area contributed by atoms with Crippen LogP contribution < -0.4 is 0 Å². The number of carbonyl (C=O) groups is 2. The molecule has 0 aromatic heterocycles. The summed E-state index contributed by atoms with van der Waals surface area (Å²) < 4.78 is 10.1. The average Bonchev–Trinajstić information content (AvgIpc) is 3.23. The third-order valence-corrected chi connectivity index (χ3v) is 3.38. The number of ether oxygens (including phenoxy) is 2. The standard InChI is InChI=1S/C12H20N2O5/c1-18-6-5-14(9-2-3-9)12(17)13-4-7-19-10(8-13)11(15)16/h9-10H,2-8H2,1H3,(H,15,16). The highest BCUT2D eigenvalue weighted by molar-refractivity contribution is 5.78. The van der Waals surface area contributed by atoms with Crippen molar-refractivity contribution in [2.45, 2.75) is 25.0 Å². The fraction of sp³-hybridized carbons (Fsp3) is 0.833. The highest BCUT2D eigenvalue weighted by Crippen LogP contribution is 2.28. The molecule has 1 aliphatic carbocycles. The van der Waals surface area contributed by atoms with E-state index in [-0.39, 0.29) is 25.2 Å². The maximum Gasteiger partial charge on any atom is 0.334 e. The Balaban J connectivity index is 1.94. The molecule has 1 saturated heterocycles. The molecule has 1 heterocycles. The Morgan fingerprint density at radius 2 is 2.21 bits per heavy atom. The predicted molar refractivity (Wildman–Crippen MR) is 65.9 cm³/mol. The molecule has 19 heavy (non-hydrogen) atoms. The molecule has 1 atom stereocenters. The molecule has 0 aromatic rings. The molecular formula is C12H20N2O5. The number of amides is 2. The first-order valence-corrected chi connectivity index (χ1v) is 6.52. The number of carbonyl (C=O) groups excluding carboxylic acids is 1. The van der Waals surface area contributed by atoms with Gasteiger partial charge in [0.25, 0.3) is 0 Å². The smallest absolute Gasteiger partial charge is 0.334 e. The molecule has 1 unspecified atom stereocenters. The van der Waals surface area contributed by atoms with Gasteiger partial charge in [0.2, 0.25) is 0 Å². The van der Waals surface area contributed by atoms with Gasteiger partial charge in [-0.1, -0.05) is 0 Å². The van der Waals surface area contributed by atoms with Crippen LogP contribution in [0.1, 0.15) is 12.8 Å². The van der Waals surface area contributed by atoms with E-state index in [2.05, 4.69) is 0 Å². The van der Waals surface area contributed by atoms with E-state index in [4.69, 9.17) is 14.6 Å². The Labute approximate surface area is 112 Å². The van der Waals surface area contributed by atoms with Gasteiger partial charge >= 0.3 is 12.0 Å². The van der Waals surface area contributed by atoms with Crippen LogP contribution in [0.4, 0.5) is 4.79 Å². The molecule has 2 fully saturated rings. The van der Waals surface area contributed by atoms with E-state index >= 15 is 0 Å². The molecule has 7 nitrogen and oxygen atoms in total. The zero-order valence-corrected chi connectivity index (χ0v) is 11.1. The van der Waals surface area contributed by atoms with Crippen molar-refractivity contribution in [2.24, 2.45) is 0 Å². The quantitative estimate of drug-likeness (QED) is 0.762. The van der Waals surface area contributed by atoms with Crippen LogP contribution >= 0.6 is 0 Å². The molecule has 0 spiro atoms. The Hall–Kier alpha value is -1.34. The van der Waals surface area contributed by atoms with Gasteiger partial charge in [-0.3, -0.25) is 0 Å². The van der Waals surface area contributed by atoms with Gasteiger partial charge in [-0.15, -0.1) is 0 Å². The number of rotatable bonds is 5. The van der Waals surface area contributed by atoms with Crippen LogP contribution in [0.5, 0.6) is 0 Å². The summed E-state index contributed by atoms with van der Waals surface area (Å²) in [5.74, 6) is -1.02. The van der Waals surface area contributed by atoms with Crippen molar-refractivity contribution in [3.63, 3.8) is 0 Å². The minimum Gasteiger partial charge on any atom is -0.479 e. The minimum absolute atomic E-state index is 0.103. The highest BCUT2D eigenvalue weighted by Gasteiger charge is 2.37. The van der Waals surface area contributed by atoms with E-state index in [9.17, 15) is 9.59 Å². The fourth-order valence-electron chi connectivity index (χ4n) is 2.16. The summed E-state index contributed by atoms with van der Waals surface area (Å²) in [6.07, 6.45) is 1.12. The van der Waals surface area contributed by atoms with Crippen LogP contribution in [-0.4, -0.2) is 79.0 Å². The third kappa shape index (κ3) is 3.57. The monoisotopic (exact) mass is 272 g/mol. The second-order valence-electron chi connectivity index (χ2n) is 4.84. The van der Waals surface area contributed by atoms with Crippen molar-refractivity contribution >= 4 is 12.0 Å². The molecule has 108 valence electrons. The van der Waals surface area contributed by atoms with E-state index in [0.717, 1.165) is 12.8 Å². The first-order valence-electron chi connectivity index (χ1n) is 6.52. The Kier molecular flexibility index (Phi) is 4.60. The van der Waals surface area contributed by atoms with E-state index < -0.39 is 12.1 Å². The summed E-state index contributed by atoms with van der Waals surface area (Å²) in [5, 5.41) is 8.94. The number of aliphatic carboxylic acids is 1. The normalized spacial score (nSPS) is 23.2. The number of carboxylic acid groups (broad SMARTS) is 1. The molecule has 1 aliphatic heterocycles. The summed E-state index contributed by atoms with van der Waals surface area (Å²) >= 11 is 0. The largest absolute Gasteiger partial charge is 0.479 e. The summed E-state index contributed by atoms with van der Waals surface area (Å²) in [4.78, 5) is 26.7. The fourth-order valence-corrected chi connectivity index (χ4v) is 2.16. The number of hydrogen-bond acceptors (Lipinski definition) is 4. The molecule has 0 bridgehead atoms. The predicted octanol–water partition coefficient (Wildman–Crippen LogP) is 0.00260. The molecule has 2 amide bonds. The Morgan fingerprint density at radius 1 is 1.47 bits per heavy atom. The van der Waals surface area contributed by atoms with Crippen LogP contribution in [0.25, 0.3) is 0 Å². The number of methoxy groups -OCH3 is 1. The summed E-state index contributed by atoms with van der Waals surface area (Å²) in [5.41, 5.74) is 0. The van der Waals surface area contributed by atoms with E-state index in [0.29, 0.717) is 19.7 Å². The topological polar surface area (TPSA) is 79.3 Å². The number of hydrogen-bond donors (Lipinski definition) is 1. The van der Waals surface area contributed by atoms with Crippen LogP contribution in [0, 0.1) is 0 Å². The van der Waals surface area contributed by atoms with Gasteiger partial charge in [0, 0.05) is 26.2 Å². The van der Waals surface area contributed by atoms with Crippen molar-refractivity contribution in [1.82, 2.24) is 9.80 Å². The second-order valence-corrected chi connectivity index (χ2v) is 4.84. The van der Waals surface area contributed by atoms with Crippen LogP contribution in [0.2, 0.25) is 0 Å². The summed E-state index contributed by atoms with van der Waals surface area (Å²) in [6, 6.07) is 0.183. The molecular weight excluding hydrogens is 252 g/mol. The first kappa shape index (κ1) is 14.1. The lowest BCUT2D eigenvalue weighted by Gasteiger charge is -2.35. The number of carboxylic acids is 1. The lowest BCUT2D eigenvalue weighted by molar-refractivity contribution is -0.154. The lowest BCUT2D eigenvalue weighted by atomic mass is 10.3. The van der Waals surface area contributed by atoms with Crippen LogP contribution in [-0.2, 0) is 14.3 Å². The molecule has 1 N–H and O–H groups in total. The van der Waals surface area contributed by atoms with Crippen LogP contribution in [0.15, 0.2) is 0 Å². The zero-order chi connectivity index (χ0) is 13.8. The number of urea groups is 1. The minimum atomic E-state index is -1.02. The Morgan fingerprint density at radius 3 is 2.79 bits per heavy atom. The van der Waals surface area contributed by atoms with Crippen molar-refractivity contribution < 1.29 is 24.2 Å². The van der Waals surface area contributed by atoms with Crippen molar-refractivity contribution in [2.75, 3.05) is 40.0 Å². The average molecular weight is 272 g/mol. The van der Waals surface area contributed by atoms with Gasteiger partial charge in [-0.2, -0.15) is 0 Å². The second kappa shape index (κ2) is 6.21. The maximum absolute atomic E-state index is 12.4. The van der Waals surface area contributed by atoms with Crippen molar-refractivity contribution in [1.29, 1.82) is 0 Å². The molecule has 2 aliphatic rings. The van der Waals surface area contributed by atoms with E-state index in [1.165, 1.54) is 0 Å². The van der Waals surface area contributed by atoms with Gasteiger partial charge in [-0.25, -0.2) is 9.59 Å². The van der Waals surface area contributed by atoms with Gasteiger partial charge in [0.15, 0.2) is 6.10 Å². The number of morpholine rings is 1. The third-order valence-electron chi connectivity index (χ3n) is 3.38. The number of nitrogens with zero attached hydrogens (tertiary/aromatic N) is 2. The van der Waals surface area contributed by atoms with Crippen LogP contribution in [0.3, 0.4) is 0 Å². The maximum atomic E-state index is 12.4. The molecule has 0 aromatic carbocycles. The summed E-state index contributed by atoms with van der Waals surface area (Å²) in [7, 11) is 1.60. The van der Waals surface area contributed by atoms with Gasteiger partial charge in [0.1, 0.15) is 0 Å². The van der Waals surface area contributed by atoms with Gasteiger partial charge in [0.05, 0.1) is 19.8 Å². The SMILES string of the molecule is COCCN(C(=O)N1CCOC(C(=O)O)C1)C1CC1. The zero-order valence-electron chi connectivity index (χ0n) is 11.1. The van der Waals surface area contributed by atoms with Gasteiger partial charge in [-0.05, 0) is 12.8 Å². The van der Waals surface area contributed by atoms with Crippen molar-refractivity contribution in [3.8, 4) is 0 Å². The first-order chi connectivity index (χ1) is 9.13. The molecule has 7 heteroatoms. The van der Waals surface area contributed by atoms with Gasteiger partial charge < -0.3 is 24.4 Å². The molecule has 0 radical (unpaired) electrons. The molecule has 2 rings (SSSR count). The Bertz CT molecular complexity index is 345.